The molecule has 36 heavy (non-hydrogen) atoms. The molecule has 0 amide bonds. The lowest BCUT2D eigenvalue weighted by molar-refractivity contribution is -0.870. The van der Waals surface area contributed by atoms with Crippen molar-refractivity contribution in [1.82, 2.24) is 0 Å². The van der Waals surface area contributed by atoms with E-state index in [4.69, 9.17) is 15.9 Å². The Kier molecular flexibility index (Phi) is 25.2. The van der Waals surface area contributed by atoms with Gasteiger partial charge in [0.25, 0.3) is 0 Å². The molecule has 4 N–H and O–H groups in total. The molecule has 0 aliphatic heterocycles. The Morgan fingerprint density at radius 3 is 1.78 bits per heavy atom. The zero-order valence-electron chi connectivity index (χ0n) is 23.5. The second-order valence-electron chi connectivity index (χ2n) is 10.4. The van der Waals surface area contributed by atoms with Gasteiger partial charge in [-0.2, -0.15) is 0 Å². The van der Waals surface area contributed by atoms with Crippen LogP contribution in [0.2, 0.25) is 0 Å². The number of likely N-dealkylation sites (N-methyl/N-ethyl adjacent to an activating group) is 1. The van der Waals surface area contributed by atoms with Crippen LogP contribution in [0.3, 0.4) is 0 Å². The van der Waals surface area contributed by atoms with E-state index in [9.17, 15) is 14.4 Å². The van der Waals surface area contributed by atoms with E-state index in [1.54, 1.807) is 0 Å². The zero-order chi connectivity index (χ0) is 27.7. The number of quaternary nitrogens is 1. The van der Waals surface area contributed by atoms with E-state index in [0.29, 0.717) is 6.42 Å². The van der Waals surface area contributed by atoms with Crippen LogP contribution in [0, 0.1) is 0 Å². The highest BCUT2D eigenvalue weighted by Gasteiger charge is 2.19. The molecule has 0 fully saturated rings. The number of unbranched alkanes of at least 4 members (excludes halogenated alkanes) is 11. The van der Waals surface area contributed by atoms with Crippen molar-refractivity contribution in [2.75, 3.05) is 34.3 Å². The number of aliphatic carboxylic acids is 1. The highest BCUT2D eigenvalue weighted by atomic mass is 16.6. The number of aliphatic hydroxyl groups is 1. The molecular formula is C28H55N2O6+. The van der Waals surface area contributed by atoms with Gasteiger partial charge in [0.1, 0.15) is 12.6 Å². The Balaban J connectivity index is 0. The van der Waals surface area contributed by atoms with Crippen molar-refractivity contribution >= 4 is 17.9 Å². The van der Waals surface area contributed by atoms with Gasteiger partial charge in [-0.1, -0.05) is 70.4 Å². The molecule has 8 heteroatoms. The summed E-state index contributed by atoms with van der Waals surface area (Å²) in [7, 11) is 6.16. The van der Waals surface area contributed by atoms with Gasteiger partial charge < -0.3 is 25.2 Å². The van der Waals surface area contributed by atoms with Gasteiger partial charge in [0.2, 0.25) is 0 Å². The molecule has 0 aliphatic carbocycles. The minimum absolute atomic E-state index is 0.0329. The quantitative estimate of drug-likeness (QED) is 0.0647. The van der Waals surface area contributed by atoms with Crippen LogP contribution in [-0.2, 0) is 19.1 Å². The van der Waals surface area contributed by atoms with Crippen LogP contribution < -0.4 is 5.73 Å². The largest absolute Gasteiger partial charge is 0.481 e. The first kappa shape index (κ1) is 36.4. The molecule has 0 saturated heterocycles. The van der Waals surface area contributed by atoms with Crippen LogP contribution in [0.25, 0.3) is 0 Å². The predicted octanol–water partition coefficient (Wildman–Crippen LogP) is 4.97. The number of carbonyl (C=O) groups is 3. The van der Waals surface area contributed by atoms with E-state index in [1.165, 1.54) is 44.9 Å². The molecule has 0 heterocycles. The van der Waals surface area contributed by atoms with E-state index in [1.807, 2.05) is 0 Å². The fourth-order valence-corrected chi connectivity index (χ4v) is 3.28. The third kappa shape index (κ3) is 30.3. The molecule has 1 atom stereocenters. The molecule has 0 aromatic carbocycles. The van der Waals surface area contributed by atoms with E-state index in [0.717, 1.165) is 43.1 Å². The SMILES string of the molecule is CCCCCCCC/C=C\CCCCCCCC(=O)OC(=O)C(N)CCC(=O)O.C[N+](C)(C)CCO. The molecule has 0 radical (unpaired) electrons. The van der Waals surface area contributed by atoms with Gasteiger partial charge in [-0.25, -0.2) is 4.79 Å². The molecule has 8 nitrogen and oxygen atoms in total. The smallest absolute Gasteiger partial charge is 0.330 e. The molecule has 0 spiro atoms. The molecule has 0 rings (SSSR count). The van der Waals surface area contributed by atoms with Gasteiger partial charge in [-0.15, -0.1) is 0 Å². The summed E-state index contributed by atoms with van der Waals surface area (Å²) in [6.07, 6.45) is 19.8. The Bertz CT molecular complexity index is 587. The first-order valence-corrected chi connectivity index (χ1v) is 13.8. The summed E-state index contributed by atoms with van der Waals surface area (Å²) in [6.45, 7) is 3.36. The predicted molar refractivity (Wildman–Crippen MR) is 145 cm³/mol. The Morgan fingerprint density at radius 2 is 1.33 bits per heavy atom. The van der Waals surface area contributed by atoms with E-state index >= 15 is 0 Å². The van der Waals surface area contributed by atoms with Crippen LogP contribution in [-0.4, -0.2) is 72.9 Å². The average molecular weight is 516 g/mol. The first-order valence-electron chi connectivity index (χ1n) is 13.8. The lowest BCUT2D eigenvalue weighted by atomic mass is 10.1. The van der Waals surface area contributed by atoms with Crippen molar-refractivity contribution in [2.24, 2.45) is 5.73 Å². The Morgan fingerprint density at radius 1 is 0.833 bits per heavy atom. The summed E-state index contributed by atoms with van der Waals surface area (Å²) < 4.78 is 5.50. The highest BCUT2D eigenvalue weighted by molar-refractivity contribution is 5.88. The standard InChI is InChI=1S/C23H41NO5.C5H14NO/c1-2-3-4-5-6-7-8-9-10-11-12-13-14-15-16-17-22(27)29-23(28)20(24)18-19-21(25)26;1-6(2,3)4-5-7/h9-10,20H,2-8,11-19,24H2,1H3,(H,25,26);7H,4-5H2,1-3H3/q;+1/b10-9-;. The van der Waals surface area contributed by atoms with Crippen molar-refractivity contribution in [3.05, 3.63) is 12.2 Å². The number of ether oxygens (including phenoxy) is 1. The second kappa shape index (κ2) is 24.9. The number of carboxylic acids is 1. The number of nitrogens with two attached hydrogens (primary N) is 1. The van der Waals surface area contributed by atoms with Gasteiger partial charge in [0.15, 0.2) is 0 Å². The first-order chi connectivity index (χ1) is 17.0. The van der Waals surface area contributed by atoms with Crippen molar-refractivity contribution in [1.29, 1.82) is 0 Å². The van der Waals surface area contributed by atoms with Crippen LogP contribution in [0.4, 0.5) is 0 Å². The van der Waals surface area contributed by atoms with E-state index in [-0.39, 0.29) is 25.9 Å². The number of carboxylic acid groups (broad SMARTS) is 1. The van der Waals surface area contributed by atoms with Crippen LogP contribution in [0.15, 0.2) is 12.2 Å². The van der Waals surface area contributed by atoms with Crippen LogP contribution in [0.5, 0.6) is 0 Å². The normalized spacial score (nSPS) is 12.2. The molecule has 0 aliphatic rings. The van der Waals surface area contributed by atoms with Gasteiger partial charge in [0.05, 0.1) is 27.7 Å². The van der Waals surface area contributed by atoms with Crippen LogP contribution >= 0.6 is 0 Å². The molecule has 0 saturated carbocycles. The molecule has 0 bridgehead atoms. The maximum atomic E-state index is 11.6. The molecule has 212 valence electrons. The number of aliphatic hydroxyl groups excluding tert-OH is 1. The Hall–Kier alpha value is -1.77. The molecule has 1 unspecified atom stereocenters. The number of hydrogen-bond donors (Lipinski definition) is 3. The molecular weight excluding hydrogens is 460 g/mol. The van der Waals surface area contributed by atoms with E-state index in [2.05, 4.69) is 45.0 Å². The Labute approximate surface area is 219 Å². The fourth-order valence-electron chi connectivity index (χ4n) is 3.28. The van der Waals surface area contributed by atoms with E-state index < -0.39 is 23.9 Å². The summed E-state index contributed by atoms with van der Waals surface area (Å²) in [4.78, 5) is 33.6. The third-order valence-corrected chi connectivity index (χ3v) is 5.60. The minimum Gasteiger partial charge on any atom is -0.481 e. The summed E-state index contributed by atoms with van der Waals surface area (Å²) in [5.74, 6) is -2.46. The van der Waals surface area contributed by atoms with Gasteiger partial charge >= 0.3 is 17.9 Å². The number of carbonyl (C=O) groups excluding carboxylic acids is 2. The molecule has 0 aromatic heterocycles. The zero-order valence-corrected chi connectivity index (χ0v) is 23.5. The number of nitrogens with zero attached hydrogens (tertiary/aromatic N) is 1. The summed E-state index contributed by atoms with van der Waals surface area (Å²) in [6, 6.07) is -1.07. The summed E-state index contributed by atoms with van der Waals surface area (Å²) >= 11 is 0. The topological polar surface area (TPSA) is 127 Å². The number of esters is 2. The van der Waals surface area contributed by atoms with Crippen molar-refractivity contribution in [2.45, 2.75) is 116 Å². The van der Waals surface area contributed by atoms with Crippen molar-refractivity contribution < 1.29 is 33.8 Å². The summed E-state index contributed by atoms with van der Waals surface area (Å²) in [5.41, 5.74) is 5.50. The lowest BCUT2D eigenvalue weighted by Gasteiger charge is -2.21. The summed E-state index contributed by atoms with van der Waals surface area (Å²) in [5, 5.41) is 16.9. The average Bonchev–Trinajstić information content (AvgIpc) is 2.79. The van der Waals surface area contributed by atoms with Crippen molar-refractivity contribution in [3.8, 4) is 0 Å². The maximum absolute atomic E-state index is 11.6. The van der Waals surface area contributed by atoms with Gasteiger partial charge in [-0.05, 0) is 38.5 Å². The number of hydrogen-bond acceptors (Lipinski definition) is 6. The van der Waals surface area contributed by atoms with Gasteiger partial charge in [-0.3, -0.25) is 9.59 Å². The fraction of sp³-hybridized carbons (Fsp3) is 0.821. The van der Waals surface area contributed by atoms with Gasteiger partial charge in [0, 0.05) is 12.8 Å². The highest BCUT2D eigenvalue weighted by Crippen LogP contribution is 2.10. The van der Waals surface area contributed by atoms with Crippen LogP contribution in [0.1, 0.15) is 110 Å². The van der Waals surface area contributed by atoms with Crippen molar-refractivity contribution in [3.63, 3.8) is 0 Å². The minimum atomic E-state index is -1.07. The number of allylic oxidation sites excluding steroid dienone is 2. The maximum Gasteiger partial charge on any atom is 0.330 e. The third-order valence-electron chi connectivity index (χ3n) is 5.60. The monoisotopic (exact) mass is 515 g/mol. The second-order valence-corrected chi connectivity index (χ2v) is 10.4. The number of rotatable bonds is 21. The molecule has 0 aromatic rings. The lowest BCUT2D eigenvalue weighted by Crippen LogP contribution is -2.36.